The number of primary amides is 1. The number of aromatic nitrogens is 2. The zero-order valence-electron chi connectivity index (χ0n) is 14.0. The van der Waals surface area contributed by atoms with Gasteiger partial charge < -0.3 is 11.1 Å². The van der Waals surface area contributed by atoms with Gasteiger partial charge in [0.2, 0.25) is 11.8 Å². The van der Waals surface area contributed by atoms with Crippen molar-refractivity contribution in [1.29, 1.82) is 0 Å². The highest BCUT2D eigenvalue weighted by Gasteiger charge is 2.18. The van der Waals surface area contributed by atoms with Crippen molar-refractivity contribution in [3.8, 4) is 0 Å². The number of nitrogens with two attached hydrogens (primary N) is 1. The summed E-state index contributed by atoms with van der Waals surface area (Å²) < 4.78 is 1.37. The minimum absolute atomic E-state index is 0.0330. The molecule has 0 radical (unpaired) electrons. The smallest absolute Gasteiger partial charge is 0.233 e. The van der Waals surface area contributed by atoms with Gasteiger partial charge in [0.15, 0.2) is 8.68 Å². The van der Waals surface area contributed by atoms with Crippen molar-refractivity contribution in [2.45, 2.75) is 33.7 Å². The van der Waals surface area contributed by atoms with Crippen LogP contribution in [0, 0.1) is 0 Å². The van der Waals surface area contributed by atoms with Gasteiger partial charge in [-0.25, -0.2) is 0 Å². The van der Waals surface area contributed by atoms with Crippen LogP contribution in [0.4, 0.5) is 0 Å². The summed E-state index contributed by atoms with van der Waals surface area (Å²) in [6.07, 6.45) is 0. The van der Waals surface area contributed by atoms with E-state index in [4.69, 9.17) is 5.73 Å². The van der Waals surface area contributed by atoms with E-state index in [1.165, 1.54) is 40.4 Å². The van der Waals surface area contributed by atoms with E-state index < -0.39 is 5.91 Å². The number of carbonyl (C=O) groups excluding carboxylic acids is 2. The number of hydrogen-bond donors (Lipinski definition) is 2. The Bertz CT molecular complexity index is 708. The molecule has 3 N–H and O–H groups in total. The van der Waals surface area contributed by atoms with Crippen LogP contribution in [0.15, 0.2) is 39.0 Å². The van der Waals surface area contributed by atoms with Crippen molar-refractivity contribution < 1.29 is 9.59 Å². The third kappa shape index (κ3) is 6.68. The standard InChI is InChI=1S/C16H20N4O2S3/c1-10(12-6-4-3-5-7-12)8-18-14(22)11(2)24-16-20-19-15(25-16)23-9-13(17)21/h3-7,10-11H,8-9H2,1-2H3,(H2,17,21)(H,18,22). The number of nitrogens with one attached hydrogen (secondary N) is 1. The fraction of sp³-hybridized carbons (Fsp3) is 0.375. The van der Waals surface area contributed by atoms with E-state index in [1.54, 1.807) is 0 Å². The molecule has 25 heavy (non-hydrogen) atoms. The highest BCUT2D eigenvalue weighted by molar-refractivity contribution is 8.04. The fourth-order valence-corrected chi connectivity index (χ4v) is 4.87. The van der Waals surface area contributed by atoms with Crippen LogP contribution in [0.2, 0.25) is 0 Å². The number of nitrogens with zero attached hydrogens (tertiary/aromatic N) is 2. The second kappa shape index (κ2) is 9.79. The maximum Gasteiger partial charge on any atom is 0.233 e. The molecule has 2 aromatic rings. The van der Waals surface area contributed by atoms with Crippen molar-refractivity contribution in [3.63, 3.8) is 0 Å². The molecule has 0 bridgehead atoms. The van der Waals surface area contributed by atoms with Crippen LogP contribution >= 0.6 is 34.9 Å². The molecule has 2 unspecified atom stereocenters. The Labute approximate surface area is 159 Å². The van der Waals surface area contributed by atoms with Crippen LogP contribution in [0.5, 0.6) is 0 Å². The molecule has 9 heteroatoms. The van der Waals surface area contributed by atoms with Gasteiger partial charge in [0.1, 0.15) is 0 Å². The lowest BCUT2D eigenvalue weighted by Crippen LogP contribution is -2.33. The first kappa shape index (κ1) is 19.7. The molecule has 1 aromatic carbocycles. The van der Waals surface area contributed by atoms with Gasteiger partial charge >= 0.3 is 0 Å². The third-order valence-electron chi connectivity index (χ3n) is 3.32. The monoisotopic (exact) mass is 396 g/mol. The normalized spacial score (nSPS) is 13.2. The van der Waals surface area contributed by atoms with E-state index in [-0.39, 0.29) is 22.8 Å². The van der Waals surface area contributed by atoms with Gasteiger partial charge in [-0.05, 0) is 18.4 Å². The first-order valence-corrected chi connectivity index (χ1v) is 10.4. The van der Waals surface area contributed by atoms with Gasteiger partial charge in [0.25, 0.3) is 0 Å². The van der Waals surface area contributed by atoms with E-state index in [2.05, 4.69) is 34.6 Å². The van der Waals surface area contributed by atoms with Crippen molar-refractivity contribution >= 4 is 46.7 Å². The number of rotatable bonds is 9. The Hall–Kier alpha value is -1.58. The molecule has 134 valence electrons. The summed E-state index contributed by atoms with van der Waals surface area (Å²) in [4.78, 5) is 23.0. The lowest BCUT2D eigenvalue weighted by atomic mass is 10.0. The number of benzene rings is 1. The van der Waals surface area contributed by atoms with Gasteiger partial charge in [-0.3, -0.25) is 9.59 Å². The summed E-state index contributed by atoms with van der Waals surface area (Å²) in [5.74, 6) is -0.00289. The predicted octanol–water partition coefficient (Wildman–Crippen LogP) is 2.52. The Kier molecular flexibility index (Phi) is 7.73. The highest BCUT2D eigenvalue weighted by Crippen LogP contribution is 2.31. The first-order valence-electron chi connectivity index (χ1n) is 7.69. The zero-order chi connectivity index (χ0) is 18.2. The average Bonchev–Trinajstić information content (AvgIpc) is 3.05. The van der Waals surface area contributed by atoms with Gasteiger partial charge in [-0.1, -0.05) is 72.1 Å². The topological polar surface area (TPSA) is 98.0 Å². The molecule has 0 saturated carbocycles. The maximum atomic E-state index is 12.3. The van der Waals surface area contributed by atoms with Gasteiger partial charge in [0, 0.05) is 6.54 Å². The fourth-order valence-electron chi connectivity index (χ4n) is 1.94. The molecule has 1 heterocycles. The Morgan fingerprint density at radius 1 is 1.20 bits per heavy atom. The van der Waals surface area contributed by atoms with Gasteiger partial charge in [-0.2, -0.15) is 0 Å². The Morgan fingerprint density at radius 2 is 1.88 bits per heavy atom. The second-order valence-corrected chi connectivity index (χ2v) is 9.19. The average molecular weight is 397 g/mol. The summed E-state index contributed by atoms with van der Waals surface area (Å²) in [6, 6.07) is 10.1. The SMILES string of the molecule is CC(Sc1nnc(SCC(N)=O)s1)C(=O)NCC(C)c1ccccc1. The molecule has 2 atom stereocenters. The molecule has 0 saturated heterocycles. The van der Waals surface area contributed by atoms with Crippen molar-refractivity contribution in [1.82, 2.24) is 15.5 Å². The molecule has 0 aliphatic heterocycles. The minimum atomic E-state index is -0.394. The molecule has 0 aliphatic carbocycles. The number of thioether (sulfide) groups is 2. The highest BCUT2D eigenvalue weighted by atomic mass is 32.2. The van der Waals surface area contributed by atoms with E-state index in [0.29, 0.717) is 15.2 Å². The summed E-state index contributed by atoms with van der Waals surface area (Å²) in [6.45, 7) is 4.51. The van der Waals surface area contributed by atoms with E-state index in [1.807, 2.05) is 25.1 Å². The Morgan fingerprint density at radius 3 is 2.56 bits per heavy atom. The molecule has 0 spiro atoms. The van der Waals surface area contributed by atoms with Crippen LogP contribution in [-0.2, 0) is 9.59 Å². The molecule has 2 amide bonds. The lowest BCUT2D eigenvalue weighted by molar-refractivity contribution is -0.120. The van der Waals surface area contributed by atoms with Crippen LogP contribution in [-0.4, -0.2) is 39.6 Å². The molecule has 1 aromatic heterocycles. The maximum absolute atomic E-state index is 12.3. The summed E-state index contributed by atoms with van der Waals surface area (Å²) in [5.41, 5.74) is 6.30. The largest absolute Gasteiger partial charge is 0.369 e. The van der Waals surface area contributed by atoms with E-state index in [0.717, 1.165) is 0 Å². The second-order valence-electron chi connectivity index (χ2n) is 5.41. The number of carbonyl (C=O) groups is 2. The minimum Gasteiger partial charge on any atom is -0.369 e. The summed E-state index contributed by atoms with van der Waals surface area (Å²) in [5, 5.41) is 10.7. The molecule has 2 rings (SSSR count). The summed E-state index contributed by atoms with van der Waals surface area (Å²) in [7, 11) is 0. The predicted molar refractivity (Wildman–Crippen MR) is 103 cm³/mol. The Balaban J connectivity index is 1.79. The van der Waals surface area contributed by atoms with Crippen LogP contribution < -0.4 is 11.1 Å². The molecular weight excluding hydrogens is 376 g/mol. The number of hydrogen-bond acceptors (Lipinski definition) is 7. The third-order valence-corrected chi connectivity index (χ3v) is 6.59. The zero-order valence-corrected chi connectivity index (χ0v) is 16.4. The molecule has 6 nitrogen and oxygen atoms in total. The van der Waals surface area contributed by atoms with Crippen molar-refractivity contribution in [3.05, 3.63) is 35.9 Å². The van der Waals surface area contributed by atoms with E-state index >= 15 is 0 Å². The van der Waals surface area contributed by atoms with Gasteiger partial charge in [-0.15, -0.1) is 10.2 Å². The molecular formula is C16H20N4O2S3. The van der Waals surface area contributed by atoms with E-state index in [9.17, 15) is 9.59 Å². The van der Waals surface area contributed by atoms with Crippen molar-refractivity contribution in [2.24, 2.45) is 5.73 Å². The van der Waals surface area contributed by atoms with Crippen molar-refractivity contribution in [2.75, 3.05) is 12.3 Å². The molecule has 0 aliphatic rings. The quantitative estimate of drug-likeness (QED) is 0.632. The lowest BCUT2D eigenvalue weighted by Gasteiger charge is -2.15. The van der Waals surface area contributed by atoms with Crippen LogP contribution in [0.25, 0.3) is 0 Å². The first-order chi connectivity index (χ1) is 12.0. The number of amides is 2. The van der Waals surface area contributed by atoms with Gasteiger partial charge in [0.05, 0.1) is 11.0 Å². The summed E-state index contributed by atoms with van der Waals surface area (Å²) >= 11 is 3.97. The molecule has 0 fully saturated rings. The van der Waals surface area contributed by atoms with Crippen LogP contribution in [0.3, 0.4) is 0 Å². The van der Waals surface area contributed by atoms with Crippen LogP contribution in [0.1, 0.15) is 25.3 Å².